The SMILES string of the molecule is Cc1oc(-c2ccc(F)cc2)nc1CCOc1ccc(CCC(=O)O)cc1. The van der Waals surface area contributed by atoms with Gasteiger partial charge in [-0.3, -0.25) is 4.79 Å². The molecule has 1 aromatic heterocycles. The van der Waals surface area contributed by atoms with Crippen LogP contribution in [0.3, 0.4) is 0 Å². The second-order valence-corrected chi connectivity index (χ2v) is 6.16. The Morgan fingerprint density at radius 3 is 2.48 bits per heavy atom. The van der Waals surface area contributed by atoms with Gasteiger partial charge in [-0.25, -0.2) is 9.37 Å². The van der Waals surface area contributed by atoms with E-state index in [0.29, 0.717) is 36.8 Å². The highest BCUT2D eigenvalue weighted by Gasteiger charge is 2.11. The maximum absolute atomic E-state index is 13.0. The number of aliphatic carboxylic acids is 1. The van der Waals surface area contributed by atoms with Gasteiger partial charge in [-0.2, -0.15) is 0 Å². The van der Waals surface area contributed by atoms with Crippen molar-refractivity contribution >= 4 is 5.97 Å². The zero-order valence-corrected chi connectivity index (χ0v) is 14.9. The summed E-state index contributed by atoms with van der Waals surface area (Å²) < 4.78 is 24.4. The van der Waals surface area contributed by atoms with E-state index in [0.717, 1.165) is 16.8 Å². The van der Waals surface area contributed by atoms with Crippen LogP contribution in [0, 0.1) is 12.7 Å². The van der Waals surface area contributed by atoms with Gasteiger partial charge in [0.2, 0.25) is 5.89 Å². The fraction of sp³-hybridized carbons (Fsp3) is 0.238. The number of halogens is 1. The molecule has 1 N–H and O–H groups in total. The summed E-state index contributed by atoms with van der Waals surface area (Å²) in [6.07, 6.45) is 1.19. The zero-order chi connectivity index (χ0) is 19.2. The van der Waals surface area contributed by atoms with Gasteiger partial charge < -0.3 is 14.3 Å². The Hall–Kier alpha value is -3.15. The summed E-state index contributed by atoms with van der Waals surface area (Å²) in [7, 11) is 0. The Balaban J connectivity index is 1.54. The number of aryl methyl sites for hydroxylation is 2. The maximum atomic E-state index is 13.0. The number of nitrogens with zero attached hydrogens (tertiary/aromatic N) is 1. The van der Waals surface area contributed by atoms with Crippen molar-refractivity contribution in [1.82, 2.24) is 4.98 Å². The molecule has 2 aromatic carbocycles. The van der Waals surface area contributed by atoms with Crippen LogP contribution in [0.4, 0.5) is 4.39 Å². The number of hydrogen-bond donors (Lipinski definition) is 1. The van der Waals surface area contributed by atoms with Gasteiger partial charge in [0.15, 0.2) is 0 Å². The van der Waals surface area contributed by atoms with Crippen molar-refractivity contribution < 1.29 is 23.4 Å². The summed E-state index contributed by atoms with van der Waals surface area (Å²) in [5.74, 6) is 0.782. The normalized spacial score (nSPS) is 10.7. The molecule has 5 nitrogen and oxygen atoms in total. The number of oxazole rings is 1. The monoisotopic (exact) mass is 369 g/mol. The lowest BCUT2D eigenvalue weighted by Crippen LogP contribution is -2.03. The topological polar surface area (TPSA) is 72.6 Å². The zero-order valence-electron chi connectivity index (χ0n) is 14.9. The van der Waals surface area contributed by atoms with Gasteiger partial charge in [0.1, 0.15) is 17.3 Å². The predicted octanol–water partition coefficient (Wildman–Crippen LogP) is 4.43. The largest absolute Gasteiger partial charge is 0.493 e. The minimum Gasteiger partial charge on any atom is -0.493 e. The van der Waals surface area contributed by atoms with Crippen LogP contribution in [0.5, 0.6) is 5.75 Å². The molecule has 0 saturated carbocycles. The minimum absolute atomic E-state index is 0.113. The first-order chi connectivity index (χ1) is 13.0. The van der Waals surface area contributed by atoms with E-state index in [1.807, 2.05) is 31.2 Å². The first-order valence-electron chi connectivity index (χ1n) is 8.67. The first kappa shape index (κ1) is 18.6. The number of ether oxygens (including phenoxy) is 1. The Morgan fingerprint density at radius 1 is 1.11 bits per heavy atom. The molecule has 0 spiro atoms. The smallest absolute Gasteiger partial charge is 0.303 e. The highest BCUT2D eigenvalue weighted by Crippen LogP contribution is 2.22. The Bertz CT molecular complexity index is 901. The van der Waals surface area contributed by atoms with Gasteiger partial charge in [-0.1, -0.05) is 12.1 Å². The quantitative estimate of drug-likeness (QED) is 0.636. The average Bonchev–Trinajstić information content (AvgIpc) is 3.02. The van der Waals surface area contributed by atoms with E-state index >= 15 is 0 Å². The summed E-state index contributed by atoms with van der Waals surface area (Å²) in [6.45, 7) is 2.28. The minimum atomic E-state index is -0.807. The third kappa shape index (κ3) is 5.17. The summed E-state index contributed by atoms with van der Waals surface area (Å²) in [5, 5.41) is 8.71. The molecule has 6 heteroatoms. The van der Waals surface area contributed by atoms with Crippen molar-refractivity contribution in [2.24, 2.45) is 0 Å². The highest BCUT2D eigenvalue weighted by atomic mass is 19.1. The van der Waals surface area contributed by atoms with Crippen LogP contribution in [-0.4, -0.2) is 22.7 Å². The average molecular weight is 369 g/mol. The van der Waals surface area contributed by atoms with Crippen LogP contribution in [0.1, 0.15) is 23.4 Å². The number of carbonyl (C=O) groups is 1. The molecular formula is C21H20FNO4. The molecule has 3 aromatic rings. The highest BCUT2D eigenvalue weighted by molar-refractivity contribution is 5.67. The lowest BCUT2D eigenvalue weighted by molar-refractivity contribution is -0.136. The van der Waals surface area contributed by atoms with Crippen LogP contribution < -0.4 is 4.74 Å². The molecule has 0 radical (unpaired) electrons. The molecule has 0 unspecified atom stereocenters. The summed E-state index contributed by atoms with van der Waals surface area (Å²) >= 11 is 0. The molecule has 0 atom stereocenters. The summed E-state index contributed by atoms with van der Waals surface area (Å²) in [4.78, 5) is 15.1. The van der Waals surface area contributed by atoms with Crippen molar-refractivity contribution in [3.63, 3.8) is 0 Å². The second kappa shape index (κ2) is 8.49. The summed E-state index contributed by atoms with van der Waals surface area (Å²) in [6, 6.07) is 13.4. The van der Waals surface area contributed by atoms with Crippen molar-refractivity contribution in [3.8, 4) is 17.2 Å². The van der Waals surface area contributed by atoms with E-state index in [-0.39, 0.29) is 12.2 Å². The van der Waals surface area contributed by atoms with Crippen molar-refractivity contribution in [3.05, 3.63) is 71.4 Å². The molecule has 0 bridgehead atoms. The fourth-order valence-corrected chi connectivity index (χ4v) is 2.65. The molecule has 0 saturated heterocycles. The van der Waals surface area contributed by atoms with Gasteiger partial charge in [-0.15, -0.1) is 0 Å². The summed E-state index contributed by atoms with van der Waals surface area (Å²) in [5.41, 5.74) is 2.48. The number of aromatic nitrogens is 1. The number of carboxylic acids is 1. The molecule has 0 aliphatic carbocycles. The molecule has 0 aliphatic heterocycles. The van der Waals surface area contributed by atoms with E-state index < -0.39 is 5.97 Å². The van der Waals surface area contributed by atoms with E-state index in [2.05, 4.69) is 4.98 Å². The molecule has 3 rings (SSSR count). The molecular weight excluding hydrogens is 349 g/mol. The second-order valence-electron chi connectivity index (χ2n) is 6.16. The van der Waals surface area contributed by atoms with Crippen LogP contribution >= 0.6 is 0 Å². The van der Waals surface area contributed by atoms with Gasteiger partial charge in [-0.05, 0) is 55.3 Å². The number of hydrogen-bond acceptors (Lipinski definition) is 4. The van der Waals surface area contributed by atoms with Gasteiger partial charge in [0.05, 0.1) is 12.3 Å². The standard InChI is InChI=1S/C21H20FNO4/c1-14-19(23-21(27-14)16-5-7-17(22)8-6-16)12-13-26-18-9-2-15(3-10-18)4-11-20(24)25/h2-3,5-10H,4,11-13H2,1H3,(H,24,25). The van der Waals surface area contributed by atoms with Crippen molar-refractivity contribution in [1.29, 1.82) is 0 Å². The van der Waals surface area contributed by atoms with Gasteiger partial charge >= 0.3 is 5.97 Å². The molecule has 140 valence electrons. The molecule has 0 amide bonds. The van der Waals surface area contributed by atoms with Crippen LogP contribution in [-0.2, 0) is 17.6 Å². The lowest BCUT2D eigenvalue weighted by Gasteiger charge is -2.06. The Labute approximate surface area is 156 Å². The van der Waals surface area contributed by atoms with Crippen molar-refractivity contribution in [2.75, 3.05) is 6.61 Å². The van der Waals surface area contributed by atoms with E-state index in [9.17, 15) is 9.18 Å². The maximum Gasteiger partial charge on any atom is 0.303 e. The molecule has 0 aliphatic rings. The number of carboxylic acid groups (broad SMARTS) is 1. The van der Waals surface area contributed by atoms with Gasteiger partial charge in [0.25, 0.3) is 0 Å². The Morgan fingerprint density at radius 2 is 1.81 bits per heavy atom. The number of rotatable bonds is 8. The molecule has 1 heterocycles. The van der Waals surface area contributed by atoms with E-state index in [1.165, 1.54) is 12.1 Å². The third-order valence-electron chi connectivity index (χ3n) is 4.14. The van der Waals surface area contributed by atoms with Crippen LogP contribution in [0.2, 0.25) is 0 Å². The third-order valence-corrected chi connectivity index (χ3v) is 4.14. The lowest BCUT2D eigenvalue weighted by atomic mass is 10.1. The van der Waals surface area contributed by atoms with E-state index in [1.54, 1.807) is 12.1 Å². The van der Waals surface area contributed by atoms with Gasteiger partial charge in [0, 0.05) is 18.4 Å². The molecule has 0 fully saturated rings. The first-order valence-corrected chi connectivity index (χ1v) is 8.67. The van der Waals surface area contributed by atoms with Crippen molar-refractivity contribution in [2.45, 2.75) is 26.2 Å². The molecule has 27 heavy (non-hydrogen) atoms. The Kier molecular flexibility index (Phi) is 5.86. The van der Waals surface area contributed by atoms with Crippen LogP contribution in [0.15, 0.2) is 52.9 Å². The fourth-order valence-electron chi connectivity index (χ4n) is 2.65. The van der Waals surface area contributed by atoms with E-state index in [4.69, 9.17) is 14.3 Å². The number of benzene rings is 2. The van der Waals surface area contributed by atoms with Crippen LogP contribution in [0.25, 0.3) is 11.5 Å². The predicted molar refractivity (Wildman–Crippen MR) is 98.2 cm³/mol.